The molecule has 4 nitrogen and oxygen atoms in total. The van der Waals surface area contributed by atoms with Gasteiger partial charge in [-0.1, -0.05) is 59.7 Å². The summed E-state index contributed by atoms with van der Waals surface area (Å²) in [5.41, 5.74) is 4.18. The molecule has 0 fully saturated rings. The van der Waals surface area contributed by atoms with E-state index in [-0.39, 0.29) is 10.8 Å². The van der Waals surface area contributed by atoms with E-state index in [9.17, 15) is 8.78 Å². The zero-order valence-corrected chi connectivity index (χ0v) is 33.6. The van der Waals surface area contributed by atoms with E-state index in [0.717, 1.165) is 44.8 Å². The summed E-state index contributed by atoms with van der Waals surface area (Å²) in [6.45, 7) is 6.91. The molecule has 0 spiro atoms. The Balaban J connectivity index is 1.37. The molecule has 0 saturated carbocycles. The fourth-order valence-electron chi connectivity index (χ4n) is 9.28. The molecule has 0 N–H and O–H groups in total. The predicted molar refractivity (Wildman–Crippen MR) is 215 cm³/mol. The first-order valence-corrected chi connectivity index (χ1v) is 19.2. The van der Waals surface area contributed by atoms with Crippen LogP contribution in [-0.2, 0) is 0 Å². The third-order valence-electron chi connectivity index (χ3n) is 11.6. The van der Waals surface area contributed by atoms with Crippen molar-refractivity contribution in [3.8, 4) is 34.3 Å². The molecule has 0 saturated heterocycles. The lowest BCUT2D eigenvalue weighted by Gasteiger charge is -2.38. The fraction of sp³-hybridized carbons (Fsp3) is 0.128. The van der Waals surface area contributed by atoms with E-state index in [2.05, 4.69) is 24.3 Å². The van der Waals surface area contributed by atoms with Gasteiger partial charge in [-0.05, 0) is 104 Å². The summed E-state index contributed by atoms with van der Waals surface area (Å²) < 4.78 is 168. The minimum Gasteiger partial charge on any atom is -0.673 e. The molecule has 1 aromatic heterocycles. The second kappa shape index (κ2) is 14.1. The third-order valence-corrected chi connectivity index (χ3v) is 11.6. The van der Waals surface area contributed by atoms with Crippen LogP contribution in [0.4, 0.5) is 43.9 Å². The van der Waals surface area contributed by atoms with Crippen LogP contribution in [0.5, 0.6) is 11.5 Å². The van der Waals surface area contributed by atoms with Gasteiger partial charge in [0, 0.05) is 10.8 Å². The quantitative estimate of drug-likeness (QED) is 0.0431. The van der Waals surface area contributed by atoms with Gasteiger partial charge < -0.3 is 9.31 Å². The van der Waals surface area contributed by atoms with Crippen molar-refractivity contribution in [3.63, 3.8) is 0 Å². The first-order valence-electron chi connectivity index (χ1n) is 19.2. The molecule has 7 aromatic carbocycles. The van der Waals surface area contributed by atoms with Gasteiger partial charge in [0.05, 0.1) is 5.56 Å². The van der Waals surface area contributed by atoms with Gasteiger partial charge in [-0.15, -0.1) is 0 Å². The lowest BCUT2D eigenvalue weighted by Crippen LogP contribution is -2.70. The van der Waals surface area contributed by atoms with E-state index >= 15 is 35.1 Å². The molecule has 0 unspecified atom stereocenters. The van der Waals surface area contributed by atoms with Crippen molar-refractivity contribution < 1.29 is 57.8 Å². The zero-order valence-electron chi connectivity index (χ0n) is 33.6. The van der Waals surface area contributed by atoms with Crippen molar-refractivity contribution in [2.75, 3.05) is 0 Å². The van der Waals surface area contributed by atoms with Crippen LogP contribution in [-0.4, -0.2) is 11.1 Å². The highest BCUT2D eigenvalue weighted by Crippen LogP contribution is 2.50. The maximum atomic E-state index is 15.9. The number of aryl methyl sites for hydroxylation is 6. The van der Waals surface area contributed by atoms with Crippen LogP contribution in [0.1, 0.15) is 33.4 Å². The van der Waals surface area contributed by atoms with E-state index < -0.39 is 87.1 Å². The van der Waals surface area contributed by atoms with Gasteiger partial charge in [0.25, 0.3) is 5.82 Å². The molecule has 0 atom stereocenters. The smallest absolute Gasteiger partial charge is 0.418 e. The minimum atomic E-state index is -5.03. The lowest BCUT2D eigenvalue weighted by molar-refractivity contribution is -0.583. The first kappa shape index (κ1) is 40.6. The Labute approximate surface area is 347 Å². The number of imidazole rings is 1. The van der Waals surface area contributed by atoms with Crippen LogP contribution in [0.2, 0.25) is 0 Å². The molecule has 0 amide bonds. The van der Waals surface area contributed by atoms with Crippen LogP contribution in [0.15, 0.2) is 79.1 Å². The van der Waals surface area contributed by atoms with Crippen molar-refractivity contribution in [2.24, 2.45) is 0 Å². The Bertz CT molecular complexity index is 3040. The van der Waals surface area contributed by atoms with Crippen LogP contribution < -0.4 is 24.8 Å². The number of fused-ring (bicyclic) bond motifs is 6. The molecule has 1 aliphatic heterocycles. The Hall–Kier alpha value is -6.77. The number of rotatable bonds is 5. The minimum absolute atomic E-state index is 0.0361. The molecule has 0 aliphatic carbocycles. The topological polar surface area (TPSA) is 27.3 Å². The Morgan fingerprint density at radius 2 is 0.887 bits per heavy atom. The van der Waals surface area contributed by atoms with Crippen molar-refractivity contribution >= 4 is 39.0 Å². The summed E-state index contributed by atoms with van der Waals surface area (Å²) >= 11 is 0. The van der Waals surface area contributed by atoms with Crippen LogP contribution in [0, 0.1) is 99.7 Å². The van der Waals surface area contributed by atoms with Gasteiger partial charge in [-0.25, -0.2) is 43.9 Å². The molecule has 62 heavy (non-hydrogen) atoms. The highest BCUT2D eigenvalue weighted by molar-refractivity contribution is 6.94. The summed E-state index contributed by atoms with van der Waals surface area (Å²) in [4.78, 5) is 0. The van der Waals surface area contributed by atoms with Crippen molar-refractivity contribution in [1.29, 1.82) is 0 Å². The van der Waals surface area contributed by atoms with Crippen molar-refractivity contribution in [2.45, 2.75) is 41.5 Å². The number of hydrogen-bond acceptors (Lipinski definition) is 2. The first-order chi connectivity index (χ1) is 29.4. The molecule has 314 valence electrons. The molecule has 2 heterocycles. The fourth-order valence-corrected chi connectivity index (χ4v) is 9.28. The highest BCUT2D eigenvalue weighted by atomic mass is 19.2. The molecular weight excluding hydrogens is 825 g/mol. The van der Waals surface area contributed by atoms with Crippen LogP contribution >= 0.6 is 0 Å². The van der Waals surface area contributed by atoms with Crippen LogP contribution in [0.3, 0.4) is 0 Å². The van der Waals surface area contributed by atoms with Gasteiger partial charge >= 0.3 is 6.55 Å². The molecule has 9 rings (SSSR count). The molecule has 15 heteroatoms. The standard InChI is InChI=1S/C47H31BF10N2O2/c1-20-15-22(3)43(23(4)16-20)59-13-14-60(44-24(5)17-21(2)18-25(44)6)47(59)26-11-12-29-30(19-26)27-9-7-8-10-28(27)45-46(29)62-48(61-45,31-33(49)37(53)41(57)38(54)34(31)50)32-35(51)39(55)42(58)40(56)36(32)52/h7-19H,1-6H3. The Morgan fingerprint density at radius 3 is 1.37 bits per heavy atom. The Kier molecular flexibility index (Phi) is 9.27. The van der Waals surface area contributed by atoms with Gasteiger partial charge in [0.2, 0.25) is 0 Å². The Morgan fingerprint density at radius 1 is 0.468 bits per heavy atom. The van der Waals surface area contributed by atoms with Gasteiger partial charge in [0.15, 0.2) is 34.9 Å². The average Bonchev–Trinajstić information content (AvgIpc) is 3.83. The maximum Gasteiger partial charge on any atom is 0.418 e. The summed E-state index contributed by atoms with van der Waals surface area (Å²) in [5, 5.41) is 0.774. The number of aromatic nitrogens is 2. The molecule has 1 aliphatic rings. The second-order valence-electron chi connectivity index (χ2n) is 15.7. The molecule has 8 aromatic rings. The summed E-state index contributed by atoms with van der Waals surface area (Å²) in [6, 6.07) is 19.3. The van der Waals surface area contributed by atoms with Gasteiger partial charge in [-0.2, -0.15) is 9.13 Å². The molecular formula is C47H31BF10N2O2. The largest absolute Gasteiger partial charge is 0.673 e. The van der Waals surface area contributed by atoms with Crippen molar-refractivity contribution in [1.82, 2.24) is 4.57 Å². The summed E-state index contributed by atoms with van der Waals surface area (Å²) in [6.07, 6.45) is 3.84. The normalized spacial score (nSPS) is 13.2. The number of benzene rings is 7. The van der Waals surface area contributed by atoms with E-state index in [0.29, 0.717) is 22.2 Å². The molecule has 0 bridgehead atoms. The zero-order chi connectivity index (χ0) is 44.4. The van der Waals surface area contributed by atoms with E-state index in [1.165, 1.54) is 18.2 Å². The van der Waals surface area contributed by atoms with Crippen LogP contribution in [0.25, 0.3) is 44.3 Å². The van der Waals surface area contributed by atoms with E-state index in [1.54, 1.807) is 24.3 Å². The van der Waals surface area contributed by atoms with E-state index in [4.69, 9.17) is 9.31 Å². The SMILES string of the molecule is Cc1cc(C)c(-n2cc[n+](-c3c(C)cc(C)cc3C)c2-c2ccc3c4c(c5ccccc5c3c2)O[B-](c2c(F)c(F)c(F)c(F)c2F)(c2c(F)c(F)c(F)c(F)c2F)O4)c(C)c1. The maximum absolute atomic E-state index is 15.9. The van der Waals surface area contributed by atoms with Gasteiger partial charge in [0.1, 0.15) is 58.5 Å². The highest BCUT2D eigenvalue weighted by Gasteiger charge is 2.52. The number of nitrogens with zero attached hydrogens (tertiary/aromatic N) is 2. The van der Waals surface area contributed by atoms with E-state index in [1.807, 2.05) is 63.1 Å². The number of halogens is 10. The third kappa shape index (κ3) is 5.66. The summed E-state index contributed by atoms with van der Waals surface area (Å²) in [5.74, 6) is -26.7. The van der Waals surface area contributed by atoms with Gasteiger partial charge in [-0.3, -0.25) is 0 Å². The second-order valence-corrected chi connectivity index (χ2v) is 15.7. The predicted octanol–water partition coefficient (Wildman–Crippen LogP) is 11.0. The monoisotopic (exact) mass is 856 g/mol. The summed E-state index contributed by atoms with van der Waals surface area (Å²) in [7, 11) is 0. The van der Waals surface area contributed by atoms with Crippen molar-refractivity contribution in [3.05, 3.63) is 171 Å². The average molecular weight is 857 g/mol. The number of hydrogen-bond donors (Lipinski definition) is 0. The molecule has 0 radical (unpaired) electrons. The lowest BCUT2D eigenvalue weighted by atomic mass is 9.45.